The monoisotopic (exact) mass is 319 g/mol. The molecule has 2 atom stereocenters. The van der Waals surface area contributed by atoms with Crippen LogP contribution in [0.3, 0.4) is 0 Å². The molecule has 0 radical (unpaired) electrons. The van der Waals surface area contributed by atoms with E-state index in [0.29, 0.717) is 12.1 Å². The smallest absolute Gasteiger partial charge is 0.123 e. The Hall–Kier alpha value is -1.72. The van der Waals surface area contributed by atoms with Gasteiger partial charge in [-0.05, 0) is 44.9 Å². The topological polar surface area (TPSA) is 50.1 Å². The average Bonchev–Trinajstić information content (AvgIpc) is 2.74. The normalized spacial score (nSPS) is 15.4. The van der Waals surface area contributed by atoms with Gasteiger partial charge in [0.15, 0.2) is 0 Å². The van der Waals surface area contributed by atoms with E-state index in [1.54, 1.807) is 19.1 Å². The summed E-state index contributed by atoms with van der Waals surface area (Å²) in [6.07, 6.45) is 0.896. The molecular weight excluding hydrogens is 293 g/mol. The van der Waals surface area contributed by atoms with Crippen molar-refractivity contribution in [2.24, 2.45) is 7.05 Å². The number of nitrogens with one attached hydrogen (secondary N) is 1. The molecule has 0 amide bonds. The largest absolute Gasteiger partial charge is 0.384 e. The van der Waals surface area contributed by atoms with Gasteiger partial charge in [-0.25, -0.2) is 4.39 Å². The van der Waals surface area contributed by atoms with Crippen LogP contribution < -0.4 is 5.32 Å². The Balaban J connectivity index is 2.15. The summed E-state index contributed by atoms with van der Waals surface area (Å²) in [6, 6.07) is 6.11. The van der Waals surface area contributed by atoms with E-state index in [9.17, 15) is 9.50 Å². The molecular formula is C18H26FN3O. The molecule has 2 N–H and O–H groups in total. The molecule has 2 rings (SSSR count). The van der Waals surface area contributed by atoms with E-state index in [1.165, 1.54) is 17.7 Å². The van der Waals surface area contributed by atoms with Gasteiger partial charge in [0.2, 0.25) is 0 Å². The Morgan fingerprint density at radius 1 is 1.30 bits per heavy atom. The lowest BCUT2D eigenvalue weighted by atomic mass is 9.94. The van der Waals surface area contributed by atoms with Crippen molar-refractivity contribution in [3.05, 3.63) is 52.6 Å². The third kappa shape index (κ3) is 3.79. The zero-order valence-electron chi connectivity index (χ0n) is 14.5. The quantitative estimate of drug-likeness (QED) is 0.860. The van der Waals surface area contributed by atoms with E-state index in [0.717, 1.165) is 17.8 Å². The lowest BCUT2D eigenvalue weighted by Crippen LogP contribution is -2.37. The molecule has 0 bridgehead atoms. The summed E-state index contributed by atoms with van der Waals surface area (Å²) < 4.78 is 14.9. The summed E-state index contributed by atoms with van der Waals surface area (Å²) in [6.45, 7) is 8.28. The first-order valence-electron chi connectivity index (χ1n) is 7.98. The Bertz CT molecular complexity index is 662. The van der Waals surface area contributed by atoms with Crippen molar-refractivity contribution in [3.8, 4) is 0 Å². The molecule has 2 aromatic rings. The van der Waals surface area contributed by atoms with Gasteiger partial charge in [-0.3, -0.25) is 4.68 Å². The molecule has 0 aliphatic heterocycles. The molecule has 0 saturated heterocycles. The first kappa shape index (κ1) is 17.6. The fourth-order valence-corrected chi connectivity index (χ4v) is 2.98. The second-order valence-electron chi connectivity index (χ2n) is 6.33. The lowest BCUT2D eigenvalue weighted by Gasteiger charge is -2.28. The fraction of sp³-hybridized carbons (Fsp3) is 0.500. The van der Waals surface area contributed by atoms with Gasteiger partial charge in [-0.15, -0.1) is 0 Å². The molecule has 0 spiro atoms. The molecule has 2 unspecified atom stereocenters. The van der Waals surface area contributed by atoms with Gasteiger partial charge < -0.3 is 10.4 Å². The molecule has 1 aromatic carbocycles. The predicted molar refractivity (Wildman–Crippen MR) is 89.7 cm³/mol. The van der Waals surface area contributed by atoms with Crippen LogP contribution in [0.2, 0.25) is 0 Å². The van der Waals surface area contributed by atoms with Crippen molar-refractivity contribution >= 4 is 0 Å². The van der Waals surface area contributed by atoms with Gasteiger partial charge in [-0.2, -0.15) is 5.10 Å². The van der Waals surface area contributed by atoms with Crippen LogP contribution in [0.25, 0.3) is 0 Å². The maximum absolute atomic E-state index is 13.0. The standard InChI is InChI=1S/C18H26FN3O/c1-6-16(17-12(2)21-22(5)13(17)3)20-11-18(4,23)14-7-9-15(19)10-8-14/h7-10,16,20,23H,6,11H2,1-5H3. The Labute approximate surface area is 137 Å². The molecule has 126 valence electrons. The van der Waals surface area contributed by atoms with Crippen molar-refractivity contribution in [1.29, 1.82) is 0 Å². The molecule has 23 heavy (non-hydrogen) atoms. The van der Waals surface area contributed by atoms with Crippen LogP contribution in [0.5, 0.6) is 0 Å². The summed E-state index contributed by atoms with van der Waals surface area (Å²) in [5.74, 6) is -0.300. The zero-order valence-corrected chi connectivity index (χ0v) is 14.5. The van der Waals surface area contributed by atoms with Crippen LogP contribution in [-0.4, -0.2) is 21.4 Å². The highest BCUT2D eigenvalue weighted by Gasteiger charge is 2.26. The highest BCUT2D eigenvalue weighted by Crippen LogP contribution is 2.26. The van der Waals surface area contributed by atoms with E-state index in [2.05, 4.69) is 24.3 Å². The second-order valence-corrected chi connectivity index (χ2v) is 6.33. The number of aromatic nitrogens is 2. The highest BCUT2D eigenvalue weighted by atomic mass is 19.1. The van der Waals surface area contributed by atoms with Crippen molar-refractivity contribution < 1.29 is 9.50 Å². The minimum Gasteiger partial charge on any atom is -0.384 e. The average molecular weight is 319 g/mol. The van der Waals surface area contributed by atoms with Crippen LogP contribution in [-0.2, 0) is 12.6 Å². The number of aliphatic hydroxyl groups is 1. The number of benzene rings is 1. The SMILES string of the molecule is CCC(NCC(C)(O)c1ccc(F)cc1)c1c(C)nn(C)c1C. The van der Waals surface area contributed by atoms with Crippen LogP contribution in [0.1, 0.15) is 48.8 Å². The number of hydrogen-bond donors (Lipinski definition) is 2. The lowest BCUT2D eigenvalue weighted by molar-refractivity contribution is 0.0535. The molecule has 0 aliphatic carbocycles. The van der Waals surface area contributed by atoms with E-state index >= 15 is 0 Å². The molecule has 4 nitrogen and oxygen atoms in total. The number of halogens is 1. The van der Waals surface area contributed by atoms with Gasteiger partial charge >= 0.3 is 0 Å². The molecule has 1 heterocycles. The van der Waals surface area contributed by atoms with Gasteiger partial charge in [0.25, 0.3) is 0 Å². The van der Waals surface area contributed by atoms with Gasteiger partial charge in [-0.1, -0.05) is 19.1 Å². The van der Waals surface area contributed by atoms with Crippen LogP contribution in [0.4, 0.5) is 4.39 Å². The van der Waals surface area contributed by atoms with Gasteiger partial charge in [0.05, 0.1) is 11.3 Å². The predicted octanol–water partition coefficient (Wildman–Crippen LogP) is 3.12. The maximum Gasteiger partial charge on any atom is 0.123 e. The van der Waals surface area contributed by atoms with E-state index in [4.69, 9.17) is 0 Å². The molecule has 0 aliphatic rings. The minimum atomic E-state index is -1.06. The molecule has 1 aromatic heterocycles. The van der Waals surface area contributed by atoms with Crippen LogP contribution >= 0.6 is 0 Å². The summed E-state index contributed by atoms with van der Waals surface area (Å²) in [4.78, 5) is 0. The zero-order chi connectivity index (χ0) is 17.2. The van der Waals surface area contributed by atoms with Gasteiger partial charge in [0.1, 0.15) is 5.82 Å². The van der Waals surface area contributed by atoms with Gasteiger partial charge in [0, 0.05) is 30.9 Å². The van der Waals surface area contributed by atoms with E-state index in [1.807, 2.05) is 18.7 Å². The molecule has 5 heteroatoms. The fourth-order valence-electron chi connectivity index (χ4n) is 2.98. The summed E-state index contributed by atoms with van der Waals surface area (Å²) in [5, 5.41) is 18.6. The Morgan fingerprint density at radius 2 is 1.91 bits per heavy atom. The van der Waals surface area contributed by atoms with Crippen molar-refractivity contribution in [1.82, 2.24) is 15.1 Å². The van der Waals surface area contributed by atoms with Crippen molar-refractivity contribution in [2.75, 3.05) is 6.54 Å². The number of nitrogens with zero attached hydrogens (tertiary/aromatic N) is 2. The maximum atomic E-state index is 13.0. The Morgan fingerprint density at radius 3 is 2.39 bits per heavy atom. The van der Waals surface area contributed by atoms with Crippen LogP contribution in [0, 0.1) is 19.7 Å². The highest BCUT2D eigenvalue weighted by molar-refractivity contribution is 5.28. The first-order valence-corrected chi connectivity index (χ1v) is 7.98. The Kier molecular flexibility index (Phi) is 5.22. The van der Waals surface area contributed by atoms with Crippen molar-refractivity contribution in [2.45, 2.75) is 45.8 Å². The molecule has 0 fully saturated rings. The summed E-state index contributed by atoms with van der Waals surface area (Å²) >= 11 is 0. The van der Waals surface area contributed by atoms with E-state index in [-0.39, 0.29) is 11.9 Å². The second kappa shape index (κ2) is 6.81. The number of aryl methyl sites for hydroxylation is 2. The number of hydrogen-bond acceptors (Lipinski definition) is 3. The van der Waals surface area contributed by atoms with E-state index < -0.39 is 5.60 Å². The number of rotatable bonds is 6. The summed E-state index contributed by atoms with van der Waals surface area (Å²) in [7, 11) is 1.94. The summed E-state index contributed by atoms with van der Waals surface area (Å²) in [5.41, 5.74) is 2.95. The van der Waals surface area contributed by atoms with Crippen molar-refractivity contribution in [3.63, 3.8) is 0 Å². The first-order chi connectivity index (χ1) is 10.8. The molecule has 0 saturated carbocycles. The third-order valence-electron chi connectivity index (χ3n) is 4.48. The minimum absolute atomic E-state index is 0.121. The third-order valence-corrected chi connectivity index (χ3v) is 4.48. The van der Waals surface area contributed by atoms with Crippen LogP contribution in [0.15, 0.2) is 24.3 Å².